The van der Waals surface area contributed by atoms with Crippen molar-refractivity contribution in [3.8, 4) is 5.88 Å². The lowest BCUT2D eigenvalue weighted by atomic mass is 10.4. The van der Waals surface area contributed by atoms with Crippen molar-refractivity contribution in [3.05, 3.63) is 36.0 Å². The number of hydrogen-bond donors (Lipinski definition) is 1. The van der Waals surface area contributed by atoms with Gasteiger partial charge in [-0.1, -0.05) is 0 Å². The SMILES string of the molecule is COc1nc2sccn2c1CNc1cncnc1. The van der Waals surface area contributed by atoms with Crippen LogP contribution in [0.3, 0.4) is 0 Å². The minimum absolute atomic E-state index is 0.606. The van der Waals surface area contributed by atoms with Crippen LogP contribution in [0.2, 0.25) is 0 Å². The molecule has 0 aliphatic rings. The molecule has 0 atom stereocenters. The van der Waals surface area contributed by atoms with Crippen LogP contribution in [0.5, 0.6) is 5.88 Å². The van der Waals surface area contributed by atoms with Crippen LogP contribution in [0.15, 0.2) is 30.3 Å². The second-order valence-electron chi connectivity index (χ2n) is 3.60. The molecule has 3 rings (SSSR count). The van der Waals surface area contributed by atoms with Gasteiger partial charge in [0.1, 0.15) is 12.0 Å². The zero-order valence-corrected chi connectivity index (χ0v) is 10.5. The zero-order valence-electron chi connectivity index (χ0n) is 9.70. The van der Waals surface area contributed by atoms with Gasteiger partial charge in [0.15, 0.2) is 4.96 Å². The summed E-state index contributed by atoms with van der Waals surface area (Å²) in [6.07, 6.45) is 6.94. The normalized spacial score (nSPS) is 10.7. The van der Waals surface area contributed by atoms with Crippen LogP contribution >= 0.6 is 11.3 Å². The van der Waals surface area contributed by atoms with Crippen molar-refractivity contribution in [2.75, 3.05) is 12.4 Å². The van der Waals surface area contributed by atoms with E-state index in [1.54, 1.807) is 30.8 Å². The van der Waals surface area contributed by atoms with Gasteiger partial charge in [0.2, 0.25) is 5.88 Å². The van der Waals surface area contributed by atoms with E-state index in [2.05, 4.69) is 20.3 Å². The first kappa shape index (κ1) is 11.0. The van der Waals surface area contributed by atoms with E-state index in [4.69, 9.17) is 4.74 Å². The molecule has 18 heavy (non-hydrogen) atoms. The molecule has 0 saturated carbocycles. The molecule has 7 heteroatoms. The Balaban J connectivity index is 1.87. The summed E-state index contributed by atoms with van der Waals surface area (Å²) in [7, 11) is 1.63. The maximum Gasteiger partial charge on any atom is 0.238 e. The van der Waals surface area contributed by atoms with Gasteiger partial charge in [0.25, 0.3) is 0 Å². The van der Waals surface area contributed by atoms with Crippen LogP contribution in [0.25, 0.3) is 4.96 Å². The topological polar surface area (TPSA) is 64.3 Å². The first-order chi connectivity index (χ1) is 8.88. The lowest BCUT2D eigenvalue weighted by molar-refractivity contribution is 0.395. The lowest BCUT2D eigenvalue weighted by Gasteiger charge is -2.05. The average molecular weight is 261 g/mol. The Morgan fingerprint density at radius 1 is 1.39 bits per heavy atom. The summed E-state index contributed by atoms with van der Waals surface area (Å²) < 4.78 is 7.29. The molecule has 0 aromatic carbocycles. The average Bonchev–Trinajstić information content (AvgIpc) is 2.98. The number of thiazole rings is 1. The van der Waals surface area contributed by atoms with Crippen molar-refractivity contribution >= 4 is 22.0 Å². The van der Waals surface area contributed by atoms with Gasteiger partial charge in [-0.2, -0.15) is 4.98 Å². The van der Waals surface area contributed by atoms with Gasteiger partial charge in [-0.3, -0.25) is 4.40 Å². The molecule has 6 nitrogen and oxygen atoms in total. The number of hydrogen-bond acceptors (Lipinski definition) is 6. The molecule has 0 saturated heterocycles. The molecule has 92 valence electrons. The number of fused-ring (bicyclic) bond motifs is 1. The Morgan fingerprint density at radius 3 is 3.00 bits per heavy atom. The molecule has 0 amide bonds. The highest BCUT2D eigenvalue weighted by Gasteiger charge is 2.13. The van der Waals surface area contributed by atoms with E-state index >= 15 is 0 Å². The third-order valence-corrected chi connectivity index (χ3v) is 3.29. The van der Waals surface area contributed by atoms with E-state index in [0.29, 0.717) is 12.4 Å². The number of rotatable bonds is 4. The molecule has 0 aliphatic carbocycles. The predicted molar refractivity (Wildman–Crippen MR) is 69.0 cm³/mol. The first-order valence-electron chi connectivity index (χ1n) is 5.36. The molecule has 0 fully saturated rings. The molecule has 3 aromatic heterocycles. The first-order valence-corrected chi connectivity index (χ1v) is 6.24. The molecular weight excluding hydrogens is 250 g/mol. The second-order valence-corrected chi connectivity index (χ2v) is 4.48. The summed E-state index contributed by atoms with van der Waals surface area (Å²) in [5, 5.41) is 5.24. The van der Waals surface area contributed by atoms with Crippen molar-refractivity contribution in [2.24, 2.45) is 0 Å². The number of imidazole rings is 1. The minimum atomic E-state index is 0.606. The molecule has 3 heterocycles. The van der Waals surface area contributed by atoms with Crippen LogP contribution in [0, 0.1) is 0 Å². The van der Waals surface area contributed by atoms with Crippen molar-refractivity contribution < 1.29 is 4.74 Å². The van der Waals surface area contributed by atoms with Crippen molar-refractivity contribution in [1.29, 1.82) is 0 Å². The van der Waals surface area contributed by atoms with Crippen molar-refractivity contribution in [2.45, 2.75) is 6.54 Å². The molecule has 3 aromatic rings. The van der Waals surface area contributed by atoms with Crippen LogP contribution in [0.4, 0.5) is 5.69 Å². The minimum Gasteiger partial charge on any atom is -0.480 e. The second kappa shape index (κ2) is 4.61. The van der Waals surface area contributed by atoms with Crippen LogP contribution < -0.4 is 10.1 Å². The van der Waals surface area contributed by atoms with Gasteiger partial charge in [-0.25, -0.2) is 9.97 Å². The fraction of sp³-hybridized carbons (Fsp3) is 0.182. The summed E-state index contributed by atoms with van der Waals surface area (Å²) in [4.78, 5) is 13.2. The van der Waals surface area contributed by atoms with Crippen LogP contribution in [0.1, 0.15) is 5.69 Å². The number of ether oxygens (including phenoxy) is 1. The molecule has 0 bridgehead atoms. The quantitative estimate of drug-likeness (QED) is 0.776. The highest BCUT2D eigenvalue weighted by atomic mass is 32.1. The van der Waals surface area contributed by atoms with E-state index in [9.17, 15) is 0 Å². The van der Waals surface area contributed by atoms with Gasteiger partial charge in [0, 0.05) is 11.6 Å². The van der Waals surface area contributed by atoms with Crippen LogP contribution in [-0.2, 0) is 6.54 Å². The fourth-order valence-electron chi connectivity index (χ4n) is 1.71. The Morgan fingerprint density at radius 2 is 2.22 bits per heavy atom. The van der Waals surface area contributed by atoms with E-state index < -0.39 is 0 Å². The molecule has 0 radical (unpaired) electrons. The number of anilines is 1. The monoisotopic (exact) mass is 261 g/mol. The zero-order chi connectivity index (χ0) is 12.4. The van der Waals surface area contributed by atoms with E-state index in [1.165, 1.54) is 6.33 Å². The Kier molecular flexibility index (Phi) is 2.81. The van der Waals surface area contributed by atoms with Gasteiger partial charge in [-0.05, 0) is 0 Å². The largest absolute Gasteiger partial charge is 0.480 e. The van der Waals surface area contributed by atoms with Crippen LogP contribution in [-0.4, -0.2) is 26.5 Å². The summed E-state index contributed by atoms with van der Waals surface area (Å²) in [6, 6.07) is 0. The van der Waals surface area contributed by atoms with Crippen molar-refractivity contribution in [1.82, 2.24) is 19.4 Å². The fourth-order valence-corrected chi connectivity index (χ4v) is 2.44. The number of aromatic nitrogens is 4. The summed E-state index contributed by atoms with van der Waals surface area (Å²) in [6.45, 7) is 0.606. The highest BCUT2D eigenvalue weighted by Crippen LogP contribution is 2.23. The Labute approximate surface area is 107 Å². The smallest absolute Gasteiger partial charge is 0.238 e. The van der Waals surface area contributed by atoms with E-state index in [1.807, 2.05) is 16.0 Å². The van der Waals surface area contributed by atoms with Gasteiger partial charge in [0.05, 0.1) is 31.7 Å². The molecule has 0 aliphatic heterocycles. The Bertz CT molecular complexity index is 648. The molecule has 0 unspecified atom stereocenters. The van der Waals surface area contributed by atoms with Gasteiger partial charge >= 0.3 is 0 Å². The molecule has 0 spiro atoms. The third-order valence-electron chi connectivity index (χ3n) is 2.54. The maximum absolute atomic E-state index is 5.28. The summed E-state index contributed by atoms with van der Waals surface area (Å²) >= 11 is 1.58. The predicted octanol–water partition coefficient (Wildman–Crippen LogP) is 1.81. The Hall–Kier alpha value is -2.15. The highest BCUT2D eigenvalue weighted by molar-refractivity contribution is 7.15. The lowest BCUT2D eigenvalue weighted by Crippen LogP contribution is -2.04. The summed E-state index contributed by atoms with van der Waals surface area (Å²) in [5.41, 5.74) is 1.85. The number of methoxy groups -OCH3 is 1. The van der Waals surface area contributed by atoms with E-state index in [-0.39, 0.29) is 0 Å². The third kappa shape index (κ3) is 1.88. The van der Waals surface area contributed by atoms with Gasteiger partial charge < -0.3 is 10.1 Å². The molecular formula is C11H11N5OS. The standard InChI is InChI=1S/C11H11N5OS/c1-17-10-9(16-2-3-18-11(16)15-10)6-14-8-4-12-7-13-5-8/h2-5,7,14H,6H2,1H3. The number of nitrogens with zero attached hydrogens (tertiary/aromatic N) is 4. The van der Waals surface area contributed by atoms with Crippen molar-refractivity contribution in [3.63, 3.8) is 0 Å². The van der Waals surface area contributed by atoms with E-state index in [0.717, 1.165) is 16.3 Å². The molecule has 1 N–H and O–H groups in total. The number of nitrogens with one attached hydrogen (secondary N) is 1. The maximum atomic E-state index is 5.28. The van der Waals surface area contributed by atoms with Gasteiger partial charge in [-0.15, -0.1) is 11.3 Å². The summed E-state index contributed by atoms with van der Waals surface area (Å²) in [5.74, 6) is 0.645.